The van der Waals surface area contributed by atoms with Gasteiger partial charge in [-0.05, 0) is 150 Å². The predicted octanol–water partition coefficient (Wildman–Crippen LogP) is 2.79. The third kappa shape index (κ3) is 32.4. The first-order chi connectivity index (χ1) is 63.7. The molecule has 0 bridgehead atoms. The molecule has 4 fully saturated rings. The average Bonchev–Trinajstić information content (AvgIpc) is 1.63. The molecule has 49 nitrogen and oxygen atoms in total. The summed E-state index contributed by atoms with van der Waals surface area (Å²) in [6.07, 6.45) is 1.23. The fourth-order valence-electron chi connectivity index (χ4n) is 12.9. The summed E-state index contributed by atoms with van der Waals surface area (Å²) in [5.41, 5.74) is 1.36. The number of nitrogens with one attached hydrogen (secondary N) is 6. The average molecular weight is 2020 g/mol. The Bertz CT molecular complexity index is 5190. The molecule has 0 spiro atoms. The van der Waals surface area contributed by atoms with Crippen LogP contribution in [0.4, 0.5) is 23.3 Å². The fraction of sp³-hybridized carbons (Fsp3) is 0.500. The number of aromatic nitrogens is 8. The van der Waals surface area contributed by atoms with Gasteiger partial charge in [0, 0.05) is 50.1 Å². The number of carbonyl (C=O) groups excluding carboxylic acids is 3. The number of nitrogen functional groups attached to an aromatic ring is 1. The number of benzene rings is 3. The number of anilines is 4. The van der Waals surface area contributed by atoms with Crippen LogP contribution >= 0.6 is 46.0 Å². The molecule has 12 rings (SSSR count). The van der Waals surface area contributed by atoms with E-state index >= 15 is 0 Å². The summed E-state index contributed by atoms with van der Waals surface area (Å²) in [6, 6.07) is 27.4. The lowest BCUT2D eigenvalue weighted by molar-refractivity contribution is -0.145. The Balaban J connectivity index is 0.000000303. The maximum absolute atomic E-state index is 13.6. The molecule has 0 saturated carbocycles. The van der Waals surface area contributed by atoms with Crippen LogP contribution in [0.25, 0.3) is 0 Å². The molecule has 756 valence electrons. The summed E-state index contributed by atoms with van der Waals surface area (Å²) in [6.45, 7) is 9.34. The molecule has 8 heterocycles. The number of hydrogen-bond acceptors (Lipinski definition) is 42. The molecule has 136 heavy (non-hydrogen) atoms. The lowest BCUT2D eigenvalue weighted by Crippen LogP contribution is -2.46. The molecule has 4 saturated heterocycles. The van der Waals surface area contributed by atoms with Crippen LogP contribution in [0.5, 0.6) is 17.2 Å². The Kier molecular flexibility index (Phi) is 46.2. The maximum atomic E-state index is 13.6. The van der Waals surface area contributed by atoms with Gasteiger partial charge in [0.2, 0.25) is 0 Å². The van der Waals surface area contributed by atoms with Gasteiger partial charge in [-0.25, -0.2) is 38.0 Å². The first-order valence-corrected chi connectivity index (χ1v) is 47.4. The van der Waals surface area contributed by atoms with E-state index in [4.69, 9.17) is 88.2 Å². The highest BCUT2D eigenvalue weighted by Crippen LogP contribution is 2.51. The third-order valence-corrected chi connectivity index (χ3v) is 24.9. The van der Waals surface area contributed by atoms with Crippen molar-refractivity contribution >= 4 is 87.2 Å². The molecule has 1 aliphatic carbocycles. The highest BCUT2D eigenvalue weighted by Gasteiger charge is 2.58. The van der Waals surface area contributed by atoms with Crippen LogP contribution in [0.2, 0.25) is 0 Å². The summed E-state index contributed by atoms with van der Waals surface area (Å²) < 4.78 is 107. The molecule has 22 atom stereocenters. The van der Waals surface area contributed by atoms with E-state index in [0.717, 1.165) is 31.1 Å². The number of nitrogens with two attached hydrogens (primary N) is 2. The van der Waals surface area contributed by atoms with Gasteiger partial charge in [-0.1, -0.05) is 78.9 Å². The molecular formula is C82H121Cl2N16O33P3. The quantitative estimate of drug-likeness (QED) is 0.00924. The van der Waals surface area contributed by atoms with Gasteiger partial charge in [0.25, 0.3) is 0 Å². The Hall–Kier alpha value is -9.90. The van der Waals surface area contributed by atoms with Crippen molar-refractivity contribution in [3.05, 3.63) is 206 Å². The van der Waals surface area contributed by atoms with Crippen molar-refractivity contribution in [3.63, 3.8) is 0 Å². The molecule has 54 heteroatoms. The third-order valence-electron chi connectivity index (χ3n) is 19.9. The maximum Gasteiger partial charge on any atom is 0.459 e. The number of rotatable bonds is 33. The lowest BCUT2D eigenvalue weighted by Gasteiger charge is -2.27. The highest BCUT2D eigenvalue weighted by atomic mass is 35.7. The Morgan fingerprint density at radius 3 is 1.01 bits per heavy atom. The van der Waals surface area contributed by atoms with Crippen LogP contribution in [0.3, 0.4) is 0 Å². The van der Waals surface area contributed by atoms with Crippen molar-refractivity contribution < 1.29 is 140 Å². The van der Waals surface area contributed by atoms with Crippen LogP contribution in [-0.2, 0) is 70.3 Å². The van der Waals surface area contributed by atoms with E-state index in [1.807, 2.05) is 0 Å². The van der Waals surface area contributed by atoms with Crippen LogP contribution in [-0.4, -0.2) is 269 Å². The van der Waals surface area contributed by atoms with Crippen molar-refractivity contribution in [1.29, 1.82) is 0 Å². The number of nitrogens with zero attached hydrogens (tertiary/aromatic N) is 8. The normalized spacial score (nSPS) is 26.3. The lowest BCUT2D eigenvalue weighted by atomic mass is 9.96. The fourth-order valence-corrected chi connectivity index (χ4v) is 17.6. The molecule has 4 aromatic heterocycles. The number of esters is 3. The smallest absolute Gasteiger partial charge is 0.459 e. The summed E-state index contributed by atoms with van der Waals surface area (Å²) in [5.74, 6) is -0.534. The number of carbonyl (C=O) groups is 3. The molecule has 5 aliphatic rings. The number of ether oxygens (including phenoxy) is 7. The van der Waals surface area contributed by atoms with E-state index in [1.165, 1.54) is 111 Å². The van der Waals surface area contributed by atoms with Gasteiger partial charge < -0.3 is 120 Å². The van der Waals surface area contributed by atoms with E-state index in [-0.39, 0.29) is 55.4 Å². The monoisotopic (exact) mass is 2020 g/mol. The van der Waals surface area contributed by atoms with Crippen molar-refractivity contribution in [2.45, 2.75) is 196 Å². The van der Waals surface area contributed by atoms with Crippen LogP contribution in [0.15, 0.2) is 184 Å². The molecule has 0 radical (unpaired) electrons. The minimum atomic E-state index is -4.25. The zero-order valence-electron chi connectivity index (χ0n) is 76.4. The molecular weight excluding hydrogens is 1900 g/mol. The Labute approximate surface area is 791 Å². The molecule has 7 aromatic rings. The van der Waals surface area contributed by atoms with Crippen molar-refractivity contribution in [2.75, 3.05) is 89.2 Å². The van der Waals surface area contributed by atoms with Gasteiger partial charge in [-0.15, -0.1) is 12.4 Å². The van der Waals surface area contributed by atoms with E-state index < -0.39 is 204 Å². The highest BCUT2D eigenvalue weighted by molar-refractivity contribution is 7.84. The summed E-state index contributed by atoms with van der Waals surface area (Å²) >= 11 is 5.72. The molecule has 7 unspecified atom stereocenters. The van der Waals surface area contributed by atoms with Gasteiger partial charge in [0.1, 0.15) is 124 Å². The SMILES string of the molecule is C1=CCC=CC1.CCOC(=O)[C@H](C)NP(=O)(Cl)Oc1ccccc1.CCOC(=O)[C@H](C)NP(=O)(OC[C@H]1O[C@@H](n2ccc(NC)nc2=O)[C@](C)(O)C1O)Oc1ccccc1.CCOC(=O)[C@H](C)NP(=O)(OC[C@H]1O[C@@H](n2ccc(NO)nc2=O)[C@](C)(O)C1O)Oc1ccccc1.CN.CNc1ccn([C@@H]2O[C@H](CO)C(O)[C@@]2(C)O)c(=O)n1.C[C@@]1(O)C(O)[C@@H](CO)O[C@H]1n1ccc(N)nc1=O.Cl. The van der Waals surface area contributed by atoms with E-state index in [0.29, 0.717) is 17.4 Å². The second-order valence-corrected chi connectivity index (χ2v) is 36.4. The van der Waals surface area contributed by atoms with Crippen molar-refractivity contribution in [3.8, 4) is 17.2 Å². The molecule has 0 amide bonds. The largest absolute Gasteiger partial charge is 0.465 e. The standard InChI is InChI=1S/C22H31N4O9P.C21H29N4O10P.C11H15ClNO4P.C11H17N3O5.C10H15N3O5.C6H8.CH5N.ClH/c1-5-32-19(28)14(2)25-36(31,35-15-9-7-6-8-10-15)33-13-16-18(27)22(3,30)20(34-16)26-12-11-17(23-4)24-21(26)29;1-4-32-18(27)13(2)24-36(31,35-14-8-6-5-7-9-14)33-12-15-17(26)21(3,29)19(34-15)25-11-10-16(23-30)22-20(25)28;1-3-16-11(14)9(2)13-18(12,15)17-10-7-5-4-6-8-10;1-11(18)8(16)6(5-15)19-9(11)14-4-3-7(12-2)13-10(14)17;1-10(17)7(15)5(4-14)18-8(10)13-3-2-6(11)12-9(13)16;1-2-4-6-5-3-1;1-2;/h6-12,14,16,18,20,27,30H,5,13H2,1-4H3,(H,25,31)(H,23,24,29);5-11,13,15,17,19,26,29-30H,4,12H2,1-3H3,(H,24,31)(H,22,23,28);4-9H,3H2,1-2H3,(H,13,15);3-4,6,8-9,15-16,18H,5H2,1-2H3,(H,12,13,17);2-3,5,7-8,14-15,17H,4H2,1H3,(H2,11,12,16);1-2,5-6H,3-4H2;2H2,1H3;1H/t14-,16+,18?,20+,22+,36?;13-,15+,17?,19+,21+,36?;9-,18?;6-,8?,9-,11-;5-,7?,8-,10-;;;/m00011.../s1. The van der Waals surface area contributed by atoms with Crippen LogP contribution in [0.1, 0.15) is 107 Å². The summed E-state index contributed by atoms with van der Waals surface area (Å²) in [4.78, 5) is 98.4. The zero-order chi connectivity index (χ0) is 101. The minimum Gasteiger partial charge on any atom is -0.465 e. The Morgan fingerprint density at radius 2 is 0.735 bits per heavy atom. The number of para-hydroxylation sites is 3. The van der Waals surface area contributed by atoms with Crippen LogP contribution in [0, 0.1) is 0 Å². The number of halogens is 2. The topological polar surface area (TPSA) is 699 Å². The van der Waals surface area contributed by atoms with Crippen molar-refractivity contribution in [2.24, 2.45) is 5.73 Å². The summed E-state index contributed by atoms with van der Waals surface area (Å²) in [7, 11) is -3.75. The second-order valence-electron chi connectivity index (χ2n) is 30.3. The molecule has 3 aromatic carbocycles. The second kappa shape index (κ2) is 53.9. The molecule has 4 aliphatic heterocycles. The van der Waals surface area contributed by atoms with Gasteiger partial charge in [-0.3, -0.25) is 52.4 Å². The number of allylic oxidation sites excluding steroid dienone is 4. The minimum absolute atomic E-state index is 0. The van der Waals surface area contributed by atoms with E-state index in [9.17, 15) is 88.1 Å². The van der Waals surface area contributed by atoms with E-state index in [1.54, 1.807) is 125 Å². The molecule has 21 N–H and O–H groups in total. The Morgan fingerprint density at radius 1 is 0.463 bits per heavy atom. The zero-order valence-corrected chi connectivity index (χ0v) is 80.6. The van der Waals surface area contributed by atoms with E-state index in [2.05, 4.69) is 75.9 Å². The first-order valence-electron chi connectivity index (χ1n) is 41.8. The van der Waals surface area contributed by atoms with Gasteiger partial charge in [0.15, 0.2) is 30.7 Å². The predicted molar refractivity (Wildman–Crippen MR) is 494 cm³/mol. The number of hydrogen-bond donors (Lipinski definition) is 19. The first kappa shape index (κ1) is 117. The van der Waals surface area contributed by atoms with Crippen molar-refractivity contribution in [1.82, 2.24) is 53.5 Å². The van der Waals surface area contributed by atoms with Gasteiger partial charge in [-0.2, -0.15) is 30.1 Å². The van der Waals surface area contributed by atoms with Gasteiger partial charge >= 0.3 is 63.0 Å². The summed E-state index contributed by atoms with van der Waals surface area (Å²) in [5, 5.41) is 123. The number of aliphatic hydroxyl groups excluding tert-OH is 6. The van der Waals surface area contributed by atoms with Gasteiger partial charge in [0.05, 0.1) is 46.2 Å². The number of aliphatic hydroxyl groups is 10. The van der Waals surface area contributed by atoms with Crippen LogP contribution < -0.4 is 79.2 Å².